The lowest BCUT2D eigenvalue weighted by Crippen LogP contribution is -2.02. The minimum Gasteiger partial charge on any atom is -0.396 e. The summed E-state index contributed by atoms with van der Waals surface area (Å²) in [5, 5.41) is 13.0. The lowest BCUT2D eigenvalue weighted by atomic mass is 10.3. The molecule has 0 unspecified atom stereocenters. The average Bonchev–Trinajstić information content (AvgIpc) is 2.11. The molecule has 4 heteroatoms. The van der Waals surface area contributed by atoms with Crippen molar-refractivity contribution in [2.24, 2.45) is 0 Å². The van der Waals surface area contributed by atoms with Gasteiger partial charge in [0.2, 0.25) is 0 Å². The maximum atomic E-state index is 8.58. The van der Waals surface area contributed by atoms with Crippen molar-refractivity contribution in [3.05, 3.63) is 28.2 Å². The molecule has 0 aromatic heterocycles. The molecule has 0 amide bonds. The average molecular weight is 234 g/mol. The van der Waals surface area contributed by atoms with E-state index in [1.165, 1.54) is 0 Å². The minimum atomic E-state index is 0.234. The van der Waals surface area contributed by atoms with Gasteiger partial charge in [0.15, 0.2) is 0 Å². The quantitative estimate of drug-likeness (QED) is 0.767. The number of unbranched alkanes of at least 4 members (excludes halogenated alkanes) is 1. The van der Waals surface area contributed by atoms with Gasteiger partial charge in [-0.05, 0) is 31.0 Å². The van der Waals surface area contributed by atoms with Gasteiger partial charge in [-0.3, -0.25) is 0 Å². The summed E-state index contributed by atoms with van der Waals surface area (Å²) in [6, 6.07) is 5.35. The lowest BCUT2D eigenvalue weighted by molar-refractivity contribution is 0.286. The number of anilines is 1. The van der Waals surface area contributed by atoms with Crippen LogP contribution in [0.2, 0.25) is 10.0 Å². The molecule has 0 atom stereocenters. The van der Waals surface area contributed by atoms with Gasteiger partial charge < -0.3 is 10.4 Å². The number of rotatable bonds is 5. The molecule has 0 radical (unpaired) electrons. The van der Waals surface area contributed by atoms with Crippen LogP contribution in [0.5, 0.6) is 0 Å². The molecule has 14 heavy (non-hydrogen) atoms. The van der Waals surface area contributed by atoms with Gasteiger partial charge in [-0.25, -0.2) is 0 Å². The maximum Gasteiger partial charge on any atom is 0.0441 e. The standard InChI is InChI=1S/C10H13Cl2NO/c11-8-5-9(12)7-10(6-8)13-3-1-2-4-14/h5-7,13-14H,1-4H2. The van der Waals surface area contributed by atoms with Crippen molar-refractivity contribution in [2.75, 3.05) is 18.5 Å². The van der Waals surface area contributed by atoms with E-state index >= 15 is 0 Å². The van der Waals surface area contributed by atoms with Gasteiger partial charge in [0, 0.05) is 28.9 Å². The van der Waals surface area contributed by atoms with Crippen molar-refractivity contribution in [2.45, 2.75) is 12.8 Å². The first kappa shape index (κ1) is 11.6. The van der Waals surface area contributed by atoms with Crippen molar-refractivity contribution < 1.29 is 5.11 Å². The van der Waals surface area contributed by atoms with Gasteiger partial charge in [-0.15, -0.1) is 0 Å². The van der Waals surface area contributed by atoms with Crippen LogP contribution < -0.4 is 5.32 Å². The fourth-order valence-corrected chi connectivity index (χ4v) is 1.65. The SMILES string of the molecule is OCCCCNc1cc(Cl)cc(Cl)c1. The van der Waals surface area contributed by atoms with Gasteiger partial charge >= 0.3 is 0 Å². The van der Waals surface area contributed by atoms with Crippen LogP contribution in [-0.4, -0.2) is 18.3 Å². The Bertz CT molecular complexity index is 271. The third-order valence-electron chi connectivity index (χ3n) is 1.78. The second kappa shape index (κ2) is 6.12. The summed E-state index contributed by atoms with van der Waals surface area (Å²) in [4.78, 5) is 0. The van der Waals surface area contributed by atoms with Gasteiger partial charge in [0.05, 0.1) is 0 Å². The third kappa shape index (κ3) is 4.18. The summed E-state index contributed by atoms with van der Waals surface area (Å²) in [6.07, 6.45) is 1.74. The molecule has 78 valence electrons. The molecule has 2 N–H and O–H groups in total. The van der Waals surface area contributed by atoms with Gasteiger partial charge in [0.1, 0.15) is 0 Å². The van der Waals surface area contributed by atoms with Crippen LogP contribution in [0.3, 0.4) is 0 Å². The summed E-state index contributed by atoms with van der Waals surface area (Å²) >= 11 is 11.7. The number of benzene rings is 1. The predicted molar refractivity (Wildman–Crippen MR) is 61.3 cm³/mol. The highest BCUT2D eigenvalue weighted by molar-refractivity contribution is 6.35. The molecule has 0 aliphatic rings. The van der Waals surface area contributed by atoms with Crippen molar-refractivity contribution in [3.63, 3.8) is 0 Å². The number of hydrogen-bond acceptors (Lipinski definition) is 2. The van der Waals surface area contributed by atoms with Crippen LogP contribution in [0.4, 0.5) is 5.69 Å². The Morgan fingerprint density at radius 1 is 1.07 bits per heavy atom. The predicted octanol–water partition coefficient (Wildman–Crippen LogP) is 3.18. The molecular weight excluding hydrogens is 221 g/mol. The Hall–Kier alpha value is -0.440. The van der Waals surface area contributed by atoms with Crippen LogP contribution in [0.25, 0.3) is 0 Å². The zero-order valence-electron chi connectivity index (χ0n) is 7.76. The molecular formula is C10H13Cl2NO. The number of hydrogen-bond donors (Lipinski definition) is 2. The van der Waals surface area contributed by atoms with Crippen molar-refractivity contribution in [3.8, 4) is 0 Å². The zero-order valence-corrected chi connectivity index (χ0v) is 9.28. The number of aliphatic hydroxyl groups is 1. The van der Waals surface area contributed by atoms with E-state index in [-0.39, 0.29) is 6.61 Å². The molecule has 0 aliphatic carbocycles. The van der Waals surface area contributed by atoms with Crippen LogP contribution in [0, 0.1) is 0 Å². The highest BCUT2D eigenvalue weighted by atomic mass is 35.5. The summed E-state index contributed by atoms with van der Waals surface area (Å²) in [5.41, 5.74) is 0.917. The van der Waals surface area contributed by atoms with E-state index in [1.54, 1.807) is 6.07 Å². The van der Waals surface area contributed by atoms with E-state index in [0.29, 0.717) is 10.0 Å². The monoisotopic (exact) mass is 233 g/mol. The van der Waals surface area contributed by atoms with E-state index in [0.717, 1.165) is 25.1 Å². The summed E-state index contributed by atoms with van der Waals surface area (Å²) in [6.45, 7) is 1.05. The van der Waals surface area contributed by atoms with Crippen LogP contribution in [-0.2, 0) is 0 Å². The van der Waals surface area contributed by atoms with Crippen LogP contribution in [0.15, 0.2) is 18.2 Å². The second-order valence-corrected chi connectivity index (χ2v) is 3.89. The molecule has 2 nitrogen and oxygen atoms in total. The summed E-state index contributed by atoms with van der Waals surface area (Å²) in [5.74, 6) is 0. The molecule has 0 spiro atoms. The van der Waals surface area contributed by atoms with E-state index in [4.69, 9.17) is 28.3 Å². The van der Waals surface area contributed by atoms with Crippen molar-refractivity contribution >= 4 is 28.9 Å². The Labute approximate surface area is 93.8 Å². The molecule has 0 fully saturated rings. The van der Waals surface area contributed by atoms with Crippen LogP contribution >= 0.6 is 23.2 Å². The fourth-order valence-electron chi connectivity index (χ4n) is 1.13. The Morgan fingerprint density at radius 3 is 2.29 bits per heavy atom. The second-order valence-electron chi connectivity index (χ2n) is 3.02. The van der Waals surface area contributed by atoms with Crippen LogP contribution in [0.1, 0.15) is 12.8 Å². The first-order valence-electron chi connectivity index (χ1n) is 4.53. The first-order chi connectivity index (χ1) is 6.72. The molecule has 1 aromatic carbocycles. The molecule has 0 bridgehead atoms. The Morgan fingerprint density at radius 2 is 1.71 bits per heavy atom. The first-order valence-corrected chi connectivity index (χ1v) is 5.29. The Balaban J connectivity index is 2.42. The normalized spacial score (nSPS) is 10.2. The van der Waals surface area contributed by atoms with E-state index in [9.17, 15) is 0 Å². The molecule has 0 saturated heterocycles. The zero-order chi connectivity index (χ0) is 10.4. The Kier molecular flexibility index (Phi) is 5.09. The lowest BCUT2D eigenvalue weighted by Gasteiger charge is -2.06. The molecule has 0 aliphatic heterocycles. The van der Waals surface area contributed by atoms with Gasteiger partial charge in [0.25, 0.3) is 0 Å². The van der Waals surface area contributed by atoms with E-state index < -0.39 is 0 Å². The topological polar surface area (TPSA) is 32.3 Å². The smallest absolute Gasteiger partial charge is 0.0441 e. The highest BCUT2D eigenvalue weighted by Gasteiger charge is 1.96. The largest absolute Gasteiger partial charge is 0.396 e. The van der Waals surface area contributed by atoms with Crippen molar-refractivity contribution in [1.82, 2.24) is 0 Å². The molecule has 1 rings (SSSR count). The fraction of sp³-hybridized carbons (Fsp3) is 0.400. The van der Waals surface area contributed by atoms with E-state index in [2.05, 4.69) is 5.32 Å². The summed E-state index contributed by atoms with van der Waals surface area (Å²) < 4.78 is 0. The molecule has 1 aromatic rings. The number of aliphatic hydroxyl groups excluding tert-OH is 1. The minimum absolute atomic E-state index is 0.234. The van der Waals surface area contributed by atoms with Crippen molar-refractivity contribution in [1.29, 1.82) is 0 Å². The molecule has 0 saturated carbocycles. The summed E-state index contributed by atoms with van der Waals surface area (Å²) in [7, 11) is 0. The van der Waals surface area contributed by atoms with Gasteiger partial charge in [-0.2, -0.15) is 0 Å². The third-order valence-corrected chi connectivity index (χ3v) is 2.21. The number of nitrogens with one attached hydrogen (secondary N) is 1. The molecule has 0 heterocycles. The van der Waals surface area contributed by atoms with Gasteiger partial charge in [-0.1, -0.05) is 23.2 Å². The van der Waals surface area contributed by atoms with E-state index in [1.807, 2.05) is 12.1 Å². The maximum absolute atomic E-state index is 8.58. The highest BCUT2D eigenvalue weighted by Crippen LogP contribution is 2.22. The number of halogens is 2.